The SMILES string of the molecule is CC1CCc2ccccc2N1c1nc(-c2ccccc2)no1. The van der Waals surface area contributed by atoms with Crippen LogP contribution in [0.3, 0.4) is 0 Å². The third-order valence-corrected chi connectivity index (χ3v) is 4.18. The Balaban J connectivity index is 1.75. The Kier molecular flexibility index (Phi) is 3.15. The number of hydrogen-bond donors (Lipinski definition) is 0. The summed E-state index contributed by atoms with van der Waals surface area (Å²) in [5.41, 5.74) is 3.47. The van der Waals surface area contributed by atoms with Crippen molar-refractivity contribution < 1.29 is 4.52 Å². The van der Waals surface area contributed by atoms with Gasteiger partial charge in [-0.25, -0.2) is 0 Å². The van der Waals surface area contributed by atoms with Gasteiger partial charge >= 0.3 is 6.01 Å². The van der Waals surface area contributed by atoms with Crippen molar-refractivity contribution in [2.24, 2.45) is 0 Å². The van der Waals surface area contributed by atoms with Gasteiger partial charge in [-0.2, -0.15) is 4.98 Å². The number of benzene rings is 2. The van der Waals surface area contributed by atoms with Crippen LogP contribution >= 0.6 is 0 Å². The van der Waals surface area contributed by atoms with E-state index in [4.69, 9.17) is 4.52 Å². The second kappa shape index (κ2) is 5.30. The summed E-state index contributed by atoms with van der Waals surface area (Å²) in [7, 11) is 0. The average molecular weight is 291 g/mol. The predicted octanol–water partition coefficient (Wildman–Crippen LogP) is 4.21. The molecule has 2 aromatic carbocycles. The first-order valence-corrected chi connectivity index (χ1v) is 7.59. The lowest BCUT2D eigenvalue weighted by molar-refractivity contribution is 0.410. The van der Waals surface area contributed by atoms with E-state index in [-0.39, 0.29) is 0 Å². The number of rotatable bonds is 2. The van der Waals surface area contributed by atoms with Crippen LogP contribution in [0.25, 0.3) is 11.4 Å². The molecule has 0 saturated heterocycles. The number of hydrogen-bond acceptors (Lipinski definition) is 4. The van der Waals surface area contributed by atoms with Crippen molar-refractivity contribution in [2.45, 2.75) is 25.8 Å². The third-order valence-electron chi connectivity index (χ3n) is 4.18. The van der Waals surface area contributed by atoms with Gasteiger partial charge in [-0.1, -0.05) is 53.7 Å². The molecule has 0 radical (unpaired) electrons. The first-order valence-electron chi connectivity index (χ1n) is 7.59. The van der Waals surface area contributed by atoms with E-state index in [1.807, 2.05) is 30.3 Å². The summed E-state index contributed by atoms with van der Waals surface area (Å²) in [5, 5.41) is 4.14. The number of nitrogens with zero attached hydrogens (tertiary/aromatic N) is 3. The summed E-state index contributed by atoms with van der Waals surface area (Å²) in [5.74, 6) is 0.630. The zero-order valence-corrected chi connectivity index (χ0v) is 12.4. The van der Waals surface area contributed by atoms with Crippen LogP contribution in [0.5, 0.6) is 0 Å². The molecule has 0 spiro atoms. The van der Waals surface area contributed by atoms with Crippen LogP contribution in [0.1, 0.15) is 18.9 Å². The van der Waals surface area contributed by atoms with E-state index in [1.165, 1.54) is 11.3 Å². The molecule has 0 saturated carbocycles. The molecule has 1 aliphatic rings. The first-order chi connectivity index (χ1) is 10.8. The molecule has 4 nitrogen and oxygen atoms in total. The lowest BCUT2D eigenvalue weighted by Crippen LogP contribution is -2.33. The lowest BCUT2D eigenvalue weighted by atomic mass is 9.97. The molecule has 1 atom stereocenters. The standard InChI is InChI=1S/C18H17N3O/c1-13-11-12-14-7-5-6-10-16(14)21(13)18-19-17(20-22-18)15-8-3-2-4-9-15/h2-10,13H,11-12H2,1H3. The highest BCUT2D eigenvalue weighted by Crippen LogP contribution is 2.36. The van der Waals surface area contributed by atoms with E-state index < -0.39 is 0 Å². The zero-order valence-electron chi connectivity index (χ0n) is 12.4. The van der Waals surface area contributed by atoms with Gasteiger partial charge in [-0.3, -0.25) is 4.90 Å². The number of aryl methyl sites for hydroxylation is 1. The monoisotopic (exact) mass is 291 g/mol. The van der Waals surface area contributed by atoms with Gasteiger partial charge in [0.25, 0.3) is 0 Å². The Hall–Kier alpha value is -2.62. The minimum atomic E-state index is 0.346. The van der Waals surface area contributed by atoms with Crippen molar-refractivity contribution in [3.8, 4) is 11.4 Å². The average Bonchev–Trinajstić information content (AvgIpc) is 3.05. The maximum absolute atomic E-state index is 5.55. The molecular formula is C18H17N3O. The summed E-state index contributed by atoms with van der Waals surface area (Å²) in [6.07, 6.45) is 2.17. The van der Waals surface area contributed by atoms with E-state index in [0.29, 0.717) is 17.9 Å². The predicted molar refractivity (Wildman–Crippen MR) is 86.1 cm³/mol. The molecule has 1 unspecified atom stereocenters. The summed E-state index contributed by atoms with van der Waals surface area (Å²) >= 11 is 0. The van der Waals surface area contributed by atoms with Crippen LogP contribution in [0, 0.1) is 0 Å². The summed E-state index contributed by atoms with van der Waals surface area (Å²) in [6.45, 7) is 2.20. The second-order valence-electron chi connectivity index (χ2n) is 5.65. The van der Waals surface area contributed by atoms with Gasteiger partial charge in [0, 0.05) is 17.3 Å². The lowest BCUT2D eigenvalue weighted by Gasteiger charge is -2.33. The van der Waals surface area contributed by atoms with Gasteiger partial charge in [0.15, 0.2) is 0 Å². The fraction of sp³-hybridized carbons (Fsp3) is 0.222. The van der Waals surface area contributed by atoms with E-state index in [1.54, 1.807) is 0 Å². The molecule has 0 bridgehead atoms. The fourth-order valence-corrected chi connectivity index (χ4v) is 3.00. The minimum absolute atomic E-state index is 0.346. The molecule has 4 rings (SSSR count). The van der Waals surface area contributed by atoms with Crippen molar-refractivity contribution >= 4 is 11.7 Å². The molecule has 3 aromatic rings. The molecule has 0 N–H and O–H groups in total. The van der Waals surface area contributed by atoms with Gasteiger partial charge in [-0.05, 0) is 31.4 Å². The third kappa shape index (κ3) is 2.17. The van der Waals surface area contributed by atoms with Crippen LogP contribution in [0.2, 0.25) is 0 Å². The molecule has 110 valence electrons. The van der Waals surface area contributed by atoms with E-state index in [9.17, 15) is 0 Å². The van der Waals surface area contributed by atoms with Gasteiger partial charge in [-0.15, -0.1) is 0 Å². The molecule has 4 heteroatoms. The molecule has 0 amide bonds. The zero-order chi connectivity index (χ0) is 14.9. The largest absolute Gasteiger partial charge is 0.329 e. The van der Waals surface area contributed by atoms with E-state index in [2.05, 4.69) is 46.2 Å². The Bertz CT molecular complexity index is 782. The maximum Gasteiger partial charge on any atom is 0.329 e. The second-order valence-corrected chi connectivity index (χ2v) is 5.65. The van der Waals surface area contributed by atoms with Crippen LogP contribution in [-0.4, -0.2) is 16.2 Å². The highest BCUT2D eigenvalue weighted by Gasteiger charge is 2.28. The minimum Gasteiger partial charge on any atom is -0.314 e. The molecule has 22 heavy (non-hydrogen) atoms. The first kappa shape index (κ1) is 13.1. The van der Waals surface area contributed by atoms with Crippen LogP contribution in [-0.2, 0) is 6.42 Å². The van der Waals surface area contributed by atoms with Crippen molar-refractivity contribution in [3.63, 3.8) is 0 Å². The van der Waals surface area contributed by atoms with Crippen LogP contribution in [0.4, 0.5) is 11.7 Å². The van der Waals surface area contributed by atoms with Crippen molar-refractivity contribution in [2.75, 3.05) is 4.90 Å². The van der Waals surface area contributed by atoms with E-state index in [0.717, 1.165) is 18.4 Å². The Morgan fingerprint density at radius 1 is 1.05 bits per heavy atom. The number of para-hydroxylation sites is 1. The molecule has 0 fully saturated rings. The van der Waals surface area contributed by atoms with Gasteiger partial charge in [0.2, 0.25) is 5.82 Å². The smallest absolute Gasteiger partial charge is 0.314 e. The van der Waals surface area contributed by atoms with Crippen molar-refractivity contribution in [3.05, 3.63) is 60.2 Å². The quantitative estimate of drug-likeness (QED) is 0.709. The number of fused-ring (bicyclic) bond motifs is 1. The molecule has 1 aromatic heterocycles. The normalized spacial score (nSPS) is 17.3. The van der Waals surface area contributed by atoms with Gasteiger partial charge in [0.1, 0.15) is 0 Å². The maximum atomic E-state index is 5.55. The summed E-state index contributed by atoms with van der Waals surface area (Å²) < 4.78 is 5.55. The summed E-state index contributed by atoms with van der Waals surface area (Å²) in [6, 6.07) is 19.2. The van der Waals surface area contributed by atoms with Crippen molar-refractivity contribution in [1.29, 1.82) is 0 Å². The van der Waals surface area contributed by atoms with Crippen LogP contribution in [0.15, 0.2) is 59.1 Å². The van der Waals surface area contributed by atoms with E-state index >= 15 is 0 Å². The van der Waals surface area contributed by atoms with Gasteiger partial charge in [0.05, 0.1) is 0 Å². The highest BCUT2D eigenvalue weighted by molar-refractivity contribution is 5.65. The molecule has 1 aliphatic heterocycles. The highest BCUT2D eigenvalue weighted by atomic mass is 16.5. The Labute approximate surface area is 129 Å². The Morgan fingerprint density at radius 2 is 1.82 bits per heavy atom. The molecular weight excluding hydrogens is 274 g/mol. The fourth-order valence-electron chi connectivity index (χ4n) is 3.00. The molecule has 2 heterocycles. The Morgan fingerprint density at radius 3 is 2.68 bits per heavy atom. The summed E-state index contributed by atoms with van der Waals surface area (Å²) in [4.78, 5) is 6.75. The number of aromatic nitrogens is 2. The molecule has 0 aliphatic carbocycles. The number of anilines is 2. The van der Waals surface area contributed by atoms with Gasteiger partial charge < -0.3 is 4.52 Å². The topological polar surface area (TPSA) is 42.2 Å². The van der Waals surface area contributed by atoms with Crippen LogP contribution < -0.4 is 4.90 Å². The van der Waals surface area contributed by atoms with Crippen molar-refractivity contribution in [1.82, 2.24) is 10.1 Å².